The summed E-state index contributed by atoms with van der Waals surface area (Å²) in [5.41, 5.74) is 2.09. The zero-order chi connectivity index (χ0) is 14.9. The fourth-order valence-corrected chi connectivity index (χ4v) is 2.15. The molecule has 0 aromatic carbocycles. The van der Waals surface area contributed by atoms with E-state index in [1.165, 1.54) is 0 Å². The van der Waals surface area contributed by atoms with Crippen molar-refractivity contribution >= 4 is 11.3 Å². The van der Waals surface area contributed by atoms with Crippen molar-refractivity contribution in [1.82, 2.24) is 24.4 Å². The summed E-state index contributed by atoms with van der Waals surface area (Å²) in [5.74, 6) is 0.854. The summed E-state index contributed by atoms with van der Waals surface area (Å²) >= 11 is 0. The van der Waals surface area contributed by atoms with Crippen LogP contribution in [0.15, 0.2) is 36.9 Å². The minimum atomic E-state index is 0.0261. The largest absolute Gasteiger partial charge is 0.366 e. The lowest BCUT2D eigenvalue weighted by atomic mass is 9.92. The van der Waals surface area contributed by atoms with Gasteiger partial charge in [0, 0.05) is 36.7 Å². The predicted octanol–water partition coefficient (Wildman–Crippen LogP) is 2.34. The molecule has 3 heterocycles. The van der Waals surface area contributed by atoms with Crippen LogP contribution in [0, 0.1) is 0 Å². The van der Waals surface area contributed by atoms with Crippen LogP contribution in [-0.2, 0) is 12.0 Å². The Balaban J connectivity index is 1.80. The van der Waals surface area contributed by atoms with Gasteiger partial charge in [0.25, 0.3) is 0 Å². The fraction of sp³-hybridized carbons (Fsp3) is 0.400. The number of hydrogen-bond acceptors (Lipinski definition) is 4. The molecule has 0 spiro atoms. The van der Waals surface area contributed by atoms with Crippen LogP contribution in [0.4, 0.5) is 5.82 Å². The standard InChI is InChI=1S/C15H20N6/c1-15(2,3)13-11-12-14(17-7-10-21(12)19-13)16-6-9-20-8-4-5-18-20/h4-5,7-8,10-11H,6,9H2,1-3H3,(H,16,17). The number of rotatable bonds is 4. The number of nitrogens with one attached hydrogen (secondary N) is 1. The van der Waals surface area contributed by atoms with Gasteiger partial charge in [-0.15, -0.1) is 0 Å². The van der Waals surface area contributed by atoms with E-state index in [0.717, 1.165) is 30.1 Å². The van der Waals surface area contributed by atoms with Crippen LogP contribution in [0.3, 0.4) is 0 Å². The van der Waals surface area contributed by atoms with Crippen molar-refractivity contribution in [3.63, 3.8) is 0 Å². The van der Waals surface area contributed by atoms with Crippen molar-refractivity contribution in [3.8, 4) is 0 Å². The van der Waals surface area contributed by atoms with Gasteiger partial charge in [-0.05, 0) is 12.1 Å². The molecule has 3 aromatic heterocycles. The fourth-order valence-electron chi connectivity index (χ4n) is 2.15. The molecular formula is C15H20N6. The molecule has 0 aliphatic rings. The molecule has 110 valence electrons. The van der Waals surface area contributed by atoms with Crippen LogP contribution >= 0.6 is 0 Å². The quantitative estimate of drug-likeness (QED) is 0.799. The third-order valence-corrected chi connectivity index (χ3v) is 3.35. The third-order valence-electron chi connectivity index (χ3n) is 3.35. The highest BCUT2D eigenvalue weighted by molar-refractivity contribution is 5.68. The summed E-state index contributed by atoms with van der Waals surface area (Å²) in [6.45, 7) is 8.05. The molecule has 0 radical (unpaired) electrons. The van der Waals surface area contributed by atoms with Gasteiger partial charge < -0.3 is 5.32 Å². The predicted molar refractivity (Wildman–Crippen MR) is 82.4 cm³/mol. The molecule has 6 heteroatoms. The first-order chi connectivity index (χ1) is 10.0. The van der Waals surface area contributed by atoms with Crippen LogP contribution in [-0.4, -0.2) is 30.9 Å². The Hall–Kier alpha value is -2.37. The first-order valence-electron chi connectivity index (χ1n) is 7.10. The molecule has 3 rings (SSSR count). The molecule has 3 aromatic rings. The molecule has 0 saturated heterocycles. The van der Waals surface area contributed by atoms with Gasteiger partial charge in [0.15, 0.2) is 5.82 Å². The van der Waals surface area contributed by atoms with E-state index in [-0.39, 0.29) is 5.41 Å². The molecule has 21 heavy (non-hydrogen) atoms. The van der Waals surface area contributed by atoms with Crippen LogP contribution in [0.5, 0.6) is 0 Å². The Morgan fingerprint density at radius 3 is 2.76 bits per heavy atom. The van der Waals surface area contributed by atoms with Gasteiger partial charge in [-0.3, -0.25) is 4.68 Å². The van der Waals surface area contributed by atoms with Crippen LogP contribution < -0.4 is 5.32 Å². The first-order valence-corrected chi connectivity index (χ1v) is 7.10. The van der Waals surface area contributed by atoms with Crippen LogP contribution in [0.2, 0.25) is 0 Å². The minimum absolute atomic E-state index is 0.0261. The second-order valence-corrected chi connectivity index (χ2v) is 6.08. The molecule has 0 atom stereocenters. The maximum atomic E-state index is 4.62. The smallest absolute Gasteiger partial charge is 0.152 e. The summed E-state index contributed by atoms with van der Waals surface area (Å²) in [7, 11) is 0. The summed E-state index contributed by atoms with van der Waals surface area (Å²) in [5, 5.41) is 12.2. The van der Waals surface area contributed by atoms with Crippen molar-refractivity contribution in [3.05, 3.63) is 42.6 Å². The van der Waals surface area contributed by atoms with Gasteiger partial charge in [-0.2, -0.15) is 10.2 Å². The monoisotopic (exact) mass is 284 g/mol. The number of fused-ring (bicyclic) bond motifs is 1. The molecule has 1 N–H and O–H groups in total. The second kappa shape index (κ2) is 5.20. The Labute approximate surface area is 123 Å². The SMILES string of the molecule is CC(C)(C)c1cc2c(NCCn3cccn3)nccn2n1. The third kappa shape index (κ3) is 2.89. The van der Waals surface area contributed by atoms with E-state index in [2.05, 4.69) is 47.3 Å². The Kier molecular flexibility index (Phi) is 3.37. The van der Waals surface area contributed by atoms with Gasteiger partial charge in [0.05, 0.1) is 12.2 Å². The Bertz CT molecular complexity index is 720. The Morgan fingerprint density at radius 2 is 2.05 bits per heavy atom. The highest BCUT2D eigenvalue weighted by atomic mass is 15.3. The second-order valence-electron chi connectivity index (χ2n) is 6.08. The highest BCUT2D eigenvalue weighted by Gasteiger charge is 2.18. The van der Waals surface area contributed by atoms with Crippen molar-refractivity contribution in [2.24, 2.45) is 0 Å². The number of aromatic nitrogens is 5. The van der Waals surface area contributed by atoms with E-state index in [1.54, 1.807) is 12.4 Å². The van der Waals surface area contributed by atoms with Crippen molar-refractivity contribution in [2.75, 3.05) is 11.9 Å². The van der Waals surface area contributed by atoms with Gasteiger partial charge in [0.2, 0.25) is 0 Å². The number of hydrogen-bond donors (Lipinski definition) is 1. The van der Waals surface area contributed by atoms with Crippen molar-refractivity contribution in [1.29, 1.82) is 0 Å². The topological polar surface area (TPSA) is 60.0 Å². The maximum Gasteiger partial charge on any atom is 0.152 e. The van der Waals surface area contributed by atoms with Crippen LogP contribution in [0.1, 0.15) is 26.5 Å². The molecule has 0 aliphatic heterocycles. The average molecular weight is 284 g/mol. The van der Waals surface area contributed by atoms with E-state index in [4.69, 9.17) is 0 Å². The lowest BCUT2D eigenvalue weighted by Crippen LogP contribution is -2.12. The zero-order valence-corrected chi connectivity index (χ0v) is 12.6. The molecule has 0 bridgehead atoms. The molecule has 0 fully saturated rings. The summed E-state index contributed by atoms with van der Waals surface area (Å²) in [4.78, 5) is 4.42. The average Bonchev–Trinajstić information content (AvgIpc) is 3.06. The number of nitrogens with zero attached hydrogens (tertiary/aromatic N) is 5. The van der Waals surface area contributed by atoms with Crippen molar-refractivity contribution in [2.45, 2.75) is 32.7 Å². The molecular weight excluding hydrogens is 264 g/mol. The number of anilines is 1. The highest BCUT2D eigenvalue weighted by Crippen LogP contribution is 2.24. The molecule has 0 saturated carbocycles. The lowest BCUT2D eigenvalue weighted by molar-refractivity contribution is 0.562. The summed E-state index contributed by atoms with van der Waals surface area (Å²) < 4.78 is 3.77. The molecule has 0 unspecified atom stereocenters. The summed E-state index contributed by atoms with van der Waals surface area (Å²) in [6.07, 6.45) is 7.38. The summed E-state index contributed by atoms with van der Waals surface area (Å²) in [6, 6.07) is 4.02. The van der Waals surface area contributed by atoms with Gasteiger partial charge in [-0.25, -0.2) is 9.50 Å². The van der Waals surface area contributed by atoms with Gasteiger partial charge in [0.1, 0.15) is 5.52 Å². The van der Waals surface area contributed by atoms with Crippen LogP contribution in [0.25, 0.3) is 5.52 Å². The van der Waals surface area contributed by atoms with E-state index < -0.39 is 0 Å². The van der Waals surface area contributed by atoms with E-state index in [1.807, 2.05) is 27.7 Å². The first kappa shape index (κ1) is 13.6. The zero-order valence-electron chi connectivity index (χ0n) is 12.6. The van der Waals surface area contributed by atoms with Crippen molar-refractivity contribution < 1.29 is 0 Å². The van der Waals surface area contributed by atoms with E-state index in [9.17, 15) is 0 Å². The van der Waals surface area contributed by atoms with Gasteiger partial charge in [-0.1, -0.05) is 20.8 Å². The molecule has 6 nitrogen and oxygen atoms in total. The molecule has 0 amide bonds. The molecule has 0 aliphatic carbocycles. The normalized spacial score (nSPS) is 12.0. The lowest BCUT2D eigenvalue weighted by Gasteiger charge is -2.13. The minimum Gasteiger partial charge on any atom is -0.366 e. The van der Waals surface area contributed by atoms with Gasteiger partial charge >= 0.3 is 0 Å². The Morgan fingerprint density at radius 1 is 1.19 bits per heavy atom. The maximum absolute atomic E-state index is 4.62. The van der Waals surface area contributed by atoms with E-state index >= 15 is 0 Å². The van der Waals surface area contributed by atoms with E-state index in [0.29, 0.717) is 0 Å².